The van der Waals surface area contributed by atoms with Gasteiger partial charge >= 0.3 is 0 Å². The molecular formula is C9H4ClN3O2. The van der Waals surface area contributed by atoms with Crippen molar-refractivity contribution in [3.8, 4) is 11.3 Å². The predicted octanol–water partition coefficient (Wildman–Crippen LogP) is 2.36. The molecule has 2 aromatic rings. The summed E-state index contributed by atoms with van der Waals surface area (Å²) in [6.45, 7) is 0. The minimum Gasteiger partial charge on any atom is -0.242 e. The monoisotopic (exact) mass is 221 g/mol. The van der Waals surface area contributed by atoms with Gasteiger partial charge in [0.05, 0.1) is 5.02 Å². The van der Waals surface area contributed by atoms with Gasteiger partial charge in [-0.3, -0.25) is 0 Å². The largest absolute Gasteiger partial charge is 0.242 e. The maximum absolute atomic E-state index is 10.1. The van der Waals surface area contributed by atoms with Crippen LogP contribution in [0.1, 0.15) is 0 Å². The first-order chi connectivity index (χ1) is 7.33. The molecule has 5 nitrogen and oxygen atoms in total. The molecule has 0 bridgehead atoms. The van der Waals surface area contributed by atoms with E-state index in [4.69, 9.17) is 11.6 Å². The molecule has 1 aromatic carbocycles. The zero-order chi connectivity index (χ0) is 10.7. The second kappa shape index (κ2) is 4.04. The zero-order valence-corrected chi connectivity index (χ0v) is 8.10. The molecule has 74 valence electrons. The highest BCUT2D eigenvalue weighted by atomic mass is 35.5. The molecule has 0 aliphatic carbocycles. The molecule has 0 aliphatic heterocycles. The minimum atomic E-state index is 0.0677. The molecule has 0 fully saturated rings. The number of carbonyl (C=O) groups excluding carboxylic acids is 1. The highest BCUT2D eigenvalue weighted by Crippen LogP contribution is 2.31. The Balaban J connectivity index is 2.59. The van der Waals surface area contributed by atoms with Gasteiger partial charge in [-0.25, -0.2) is 9.42 Å². The van der Waals surface area contributed by atoms with E-state index in [0.29, 0.717) is 16.3 Å². The molecule has 1 aromatic heterocycles. The smallest absolute Gasteiger partial charge is 0.242 e. The fourth-order valence-electron chi connectivity index (χ4n) is 1.12. The normalized spacial score (nSPS) is 9.67. The summed E-state index contributed by atoms with van der Waals surface area (Å²) >= 11 is 5.94. The van der Waals surface area contributed by atoms with Crippen molar-refractivity contribution in [3.05, 3.63) is 29.3 Å². The Hall–Kier alpha value is -1.97. The summed E-state index contributed by atoms with van der Waals surface area (Å²) in [7, 11) is 0. The van der Waals surface area contributed by atoms with Gasteiger partial charge in [-0.1, -0.05) is 29.8 Å². The topological polar surface area (TPSA) is 68.3 Å². The third-order valence-corrected chi connectivity index (χ3v) is 2.08. The quantitative estimate of drug-likeness (QED) is 0.577. The molecule has 6 heteroatoms. The van der Waals surface area contributed by atoms with Crippen molar-refractivity contribution in [2.45, 2.75) is 0 Å². The molecule has 0 saturated heterocycles. The van der Waals surface area contributed by atoms with E-state index >= 15 is 0 Å². The summed E-state index contributed by atoms with van der Waals surface area (Å²) in [6.07, 6.45) is 1.37. The first-order valence-electron chi connectivity index (χ1n) is 3.98. The van der Waals surface area contributed by atoms with E-state index in [2.05, 4.69) is 19.9 Å². The standard InChI is InChI=1S/C9H4ClN3O2/c10-7-4-2-1-3-6(7)8-9(11-5-14)13-15-12-8/h1-4H. The molecule has 0 amide bonds. The van der Waals surface area contributed by atoms with Gasteiger partial charge in [0.15, 0.2) is 5.69 Å². The fourth-order valence-corrected chi connectivity index (χ4v) is 1.35. The van der Waals surface area contributed by atoms with E-state index < -0.39 is 0 Å². The van der Waals surface area contributed by atoms with Gasteiger partial charge in [0.1, 0.15) is 0 Å². The molecule has 0 radical (unpaired) electrons. The van der Waals surface area contributed by atoms with Crippen LogP contribution in [-0.2, 0) is 4.79 Å². The van der Waals surface area contributed by atoms with Crippen molar-refractivity contribution >= 4 is 23.5 Å². The first-order valence-corrected chi connectivity index (χ1v) is 4.36. The summed E-state index contributed by atoms with van der Waals surface area (Å²) in [6, 6.07) is 6.98. The van der Waals surface area contributed by atoms with Crippen molar-refractivity contribution in [3.63, 3.8) is 0 Å². The number of hydrogen-bond donors (Lipinski definition) is 0. The van der Waals surface area contributed by atoms with Crippen molar-refractivity contribution in [1.29, 1.82) is 0 Å². The number of aliphatic imine (C=N–C) groups is 1. The van der Waals surface area contributed by atoms with Crippen LogP contribution in [0.4, 0.5) is 5.82 Å². The number of halogens is 1. The van der Waals surface area contributed by atoms with E-state index in [-0.39, 0.29) is 5.82 Å². The van der Waals surface area contributed by atoms with Gasteiger partial charge in [-0.2, -0.15) is 0 Å². The van der Waals surface area contributed by atoms with Gasteiger partial charge in [0.2, 0.25) is 11.9 Å². The lowest BCUT2D eigenvalue weighted by atomic mass is 10.1. The summed E-state index contributed by atoms with van der Waals surface area (Å²) in [5.41, 5.74) is 0.929. The van der Waals surface area contributed by atoms with Crippen LogP contribution in [0, 0.1) is 0 Å². The van der Waals surface area contributed by atoms with E-state index in [1.807, 2.05) is 0 Å². The molecule has 1 heterocycles. The van der Waals surface area contributed by atoms with Crippen LogP contribution in [-0.4, -0.2) is 16.4 Å². The average molecular weight is 222 g/mol. The van der Waals surface area contributed by atoms with E-state index in [1.54, 1.807) is 24.3 Å². The molecule has 2 rings (SSSR count). The summed E-state index contributed by atoms with van der Waals surface area (Å²) < 4.78 is 4.48. The van der Waals surface area contributed by atoms with Gasteiger partial charge < -0.3 is 0 Å². The van der Waals surface area contributed by atoms with Crippen LogP contribution in [0.2, 0.25) is 5.02 Å². The Kier molecular flexibility index (Phi) is 2.58. The average Bonchev–Trinajstić information content (AvgIpc) is 2.67. The zero-order valence-electron chi connectivity index (χ0n) is 7.35. The summed E-state index contributed by atoms with van der Waals surface area (Å²) in [4.78, 5) is 13.5. The van der Waals surface area contributed by atoms with E-state index in [9.17, 15) is 4.79 Å². The van der Waals surface area contributed by atoms with Gasteiger partial charge in [0.25, 0.3) is 0 Å². The Bertz CT molecular complexity index is 532. The molecule has 0 N–H and O–H groups in total. The highest BCUT2D eigenvalue weighted by molar-refractivity contribution is 6.33. The molecular weight excluding hydrogens is 218 g/mol. The number of nitrogens with zero attached hydrogens (tertiary/aromatic N) is 3. The fraction of sp³-hybridized carbons (Fsp3) is 0. The molecule has 0 spiro atoms. The first kappa shape index (κ1) is 9.58. The Labute approximate surface area is 89.3 Å². The lowest BCUT2D eigenvalue weighted by Gasteiger charge is -1.97. The summed E-state index contributed by atoms with van der Waals surface area (Å²) in [5, 5.41) is 7.55. The number of benzene rings is 1. The van der Waals surface area contributed by atoms with Gasteiger partial charge in [0, 0.05) is 5.56 Å². The van der Waals surface area contributed by atoms with Crippen molar-refractivity contribution < 1.29 is 9.42 Å². The number of aromatic nitrogens is 2. The third-order valence-electron chi connectivity index (χ3n) is 1.75. The Morgan fingerprint density at radius 1 is 1.33 bits per heavy atom. The van der Waals surface area contributed by atoms with Crippen LogP contribution >= 0.6 is 11.6 Å². The Morgan fingerprint density at radius 2 is 2.13 bits per heavy atom. The van der Waals surface area contributed by atoms with Crippen LogP contribution in [0.5, 0.6) is 0 Å². The number of rotatable bonds is 2. The summed E-state index contributed by atoms with van der Waals surface area (Å²) in [5.74, 6) is 0.0677. The Morgan fingerprint density at radius 3 is 2.87 bits per heavy atom. The maximum Gasteiger partial charge on any atom is 0.242 e. The SMILES string of the molecule is O=C=Nc1nonc1-c1ccccc1Cl. The third kappa shape index (κ3) is 1.79. The van der Waals surface area contributed by atoms with Crippen LogP contribution in [0.25, 0.3) is 11.3 Å². The van der Waals surface area contributed by atoms with Crippen LogP contribution in [0.15, 0.2) is 33.9 Å². The lowest BCUT2D eigenvalue weighted by Crippen LogP contribution is -1.79. The van der Waals surface area contributed by atoms with Crippen molar-refractivity contribution in [2.75, 3.05) is 0 Å². The number of hydrogen-bond acceptors (Lipinski definition) is 5. The van der Waals surface area contributed by atoms with Crippen molar-refractivity contribution in [1.82, 2.24) is 10.3 Å². The van der Waals surface area contributed by atoms with E-state index in [0.717, 1.165) is 0 Å². The van der Waals surface area contributed by atoms with Gasteiger partial charge in [-0.15, -0.1) is 4.99 Å². The molecule has 0 atom stereocenters. The molecule has 15 heavy (non-hydrogen) atoms. The molecule has 0 unspecified atom stereocenters. The predicted molar refractivity (Wildman–Crippen MR) is 52.5 cm³/mol. The van der Waals surface area contributed by atoms with Crippen molar-refractivity contribution in [2.24, 2.45) is 4.99 Å². The van der Waals surface area contributed by atoms with Gasteiger partial charge in [-0.05, 0) is 16.4 Å². The minimum absolute atomic E-state index is 0.0677. The second-order valence-corrected chi connectivity index (χ2v) is 3.03. The highest BCUT2D eigenvalue weighted by Gasteiger charge is 2.13. The number of isocyanates is 1. The van der Waals surface area contributed by atoms with E-state index in [1.165, 1.54) is 6.08 Å². The maximum atomic E-state index is 10.1. The molecule has 0 saturated carbocycles. The molecule has 0 aliphatic rings. The van der Waals surface area contributed by atoms with Crippen LogP contribution in [0.3, 0.4) is 0 Å². The van der Waals surface area contributed by atoms with Crippen LogP contribution < -0.4 is 0 Å². The second-order valence-electron chi connectivity index (χ2n) is 2.62. The lowest BCUT2D eigenvalue weighted by molar-refractivity contribution is 0.309.